The Hall–Kier alpha value is -1.80. The van der Waals surface area contributed by atoms with Crippen LogP contribution in [0.4, 0.5) is 0 Å². The van der Waals surface area contributed by atoms with Gasteiger partial charge in [-0.3, -0.25) is 0 Å². The van der Waals surface area contributed by atoms with E-state index in [0.29, 0.717) is 11.1 Å². The van der Waals surface area contributed by atoms with Crippen molar-refractivity contribution in [3.8, 4) is 12.1 Å². The molecule has 12 heavy (non-hydrogen) atoms. The summed E-state index contributed by atoms with van der Waals surface area (Å²) in [4.78, 5) is 0. The zero-order chi connectivity index (χ0) is 9.40. The molecule has 0 amide bonds. The van der Waals surface area contributed by atoms with Gasteiger partial charge in [0.15, 0.2) is 0 Å². The van der Waals surface area contributed by atoms with E-state index in [2.05, 4.69) is 0 Å². The molecule has 0 aromatic carbocycles. The molecule has 0 atom stereocenters. The van der Waals surface area contributed by atoms with E-state index >= 15 is 0 Å². The SMILES string of the molecule is CC=C(C#N)/C=C\C=C(/C)C#N. The van der Waals surface area contributed by atoms with Gasteiger partial charge in [0.1, 0.15) is 0 Å². The summed E-state index contributed by atoms with van der Waals surface area (Å²) < 4.78 is 0. The largest absolute Gasteiger partial charge is 0.193 e. The first-order valence-electron chi connectivity index (χ1n) is 3.56. The lowest BCUT2D eigenvalue weighted by molar-refractivity contribution is 1.44. The van der Waals surface area contributed by atoms with Crippen LogP contribution in [0.2, 0.25) is 0 Å². The minimum Gasteiger partial charge on any atom is -0.193 e. The fraction of sp³-hybridized carbons (Fsp3) is 0.200. The van der Waals surface area contributed by atoms with Crippen LogP contribution in [0, 0.1) is 22.7 Å². The summed E-state index contributed by atoms with van der Waals surface area (Å²) in [5.74, 6) is 0. The van der Waals surface area contributed by atoms with Gasteiger partial charge in [0.05, 0.1) is 12.1 Å². The molecule has 2 nitrogen and oxygen atoms in total. The highest BCUT2D eigenvalue weighted by Gasteiger charge is 1.83. The zero-order valence-corrected chi connectivity index (χ0v) is 7.20. The molecule has 0 bridgehead atoms. The lowest BCUT2D eigenvalue weighted by atomic mass is 10.2. The Morgan fingerprint density at radius 3 is 2.33 bits per heavy atom. The fourth-order valence-electron chi connectivity index (χ4n) is 0.531. The first kappa shape index (κ1) is 10.2. The maximum atomic E-state index is 8.49. The molecule has 0 fully saturated rings. The smallest absolute Gasteiger partial charge is 0.0988 e. The van der Waals surface area contributed by atoms with E-state index in [4.69, 9.17) is 10.5 Å². The predicted octanol–water partition coefficient (Wildman–Crippen LogP) is 2.48. The topological polar surface area (TPSA) is 47.6 Å². The maximum Gasteiger partial charge on any atom is 0.0988 e. The number of hydrogen-bond donors (Lipinski definition) is 0. The summed E-state index contributed by atoms with van der Waals surface area (Å²) in [6.45, 7) is 3.51. The number of rotatable bonds is 2. The van der Waals surface area contributed by atoms with Crippen molar-refractivity contribution in [2.24, 2.45) is 0 Å². The first-order valence-corrected chi connectivity index (χ1v) is 3.56. The summed E-state index contributed by atoms with van der Waals surface area (Å²) in [7, 11) is 0. The Bertz CT molecular complexity index is 306. The van der Waals surface area contributed by atoms with Gasteiger partial charge in [-0.2, -0.15) is 10.5 Å². The summed E-state index contributed by atoms with van der Waals surface area (Å²) in [6.07, 6.45) is 6.74. The van der Waals surface area contributed by atoms with Gasteiger partial charge in [-0.05, 0) is 26.0 Å². The Morgan fingerprint density at radius 2 is 1.92 bits per heavy atom. The minimum absolute atomic E-state index is 0.594. The van der Waals surface area contributed by atoms with Gasteiger partial charge in [0.2, 0.25) is 0 Å². The van der Waals surface area contributed by atoms with Gasteiger partial charge in [0.25, 0.3) is 0 Å². The molecule has 0 saturated heterocycles. The van der Waals surface area contributed by atoms with Crippen molar-refractivity contribution in [3.05, 3.63) is 35.5 Å². The average molecular weight is 158 g/mol. The molecule has 0 aliphatic carbocycles. The normalized spacial score (nSPS) is 12.7. The molecular formula is C10H10N2. The number of nitriles is 2. The molecule has 0 saturated carbocycles. The van der Waals surface area contributed by atoms with Crippen molar-refractivity contribution in [3.63, 3.8) is 0 Å². The summed E-state index contributed by atoms with van der Waals surface area (Å²) >= 11 is 0. The second-order valence-electron chi connectivity index (χ2n) is 2.18. The Balaban J connectivity index is 4.31. The molecule has 0 rings (SSSR count). The van der Waals surface area contributed by atoms with Crippen molar-refractivity contribution >= 4 is 0 Å². The summed E-state index contributed by atoms with van der Waals surface area (Å²) in [6, 6.07) is 3.99. The van der Waals surface area contributed by atoms with Crippen LogP contribution < -0.4 is 0 Å². The molecule has 0 N–H and O–H groups in total. The van der Waals surface area contributed by atoms with Gasteiger partial charge in [-0.1, -0.05) is 12.2 Å². The van der Waals surface area contributed by atoms with Gasteiger partial charge < -0.3 is 0 Å². The Morgan fingerprint density at radius 1 is 1.25 bits per heavy atom. The van der Waals surface area contributed by atoms with Crippen LogP contribution in [0.1, 0.15) is 13.8 Å². The second-order valence-corrected chi connectivity index (χ2v) is 2.18. The Labute approximate surface area is 72.7 Å². The van der Waals surface area contributed by atoms with E-state index < -0.39 is 0 Å². The molecule has 0 aliphatic rings. The third-order valence-electron chi connectivity index (χ3n) is 1.24. The molecule has 0 unspecified atom stereocenters. The van der Waals surface area contributed by atoms with Crippen LogP contribution in [-0.4, -0.2) is 0 Å². The van der Waals surface area contributed by atoms with Crippen LogP contribution in [0.25, 0.3) is 0 Å². The second kappa shape index (κ2) is 5.95. The van der Waals surface area contributed by atoms with Crippen molar-refractivity contribution in [2.45, 2.75) is 13.8 Å². The van der Waals surface area contributed by atoms with Gasteiger partial charge >= 0.3 is 0 Å². The van der Waals surface area contributed by atoms with E-state index in [-0.39, 0.29) is 0 Å². The molecule has 0 aliphatic heterocycles. The average Bonchev–Trinajstić information content (AvgIpc) is 2.12. The molecule has 0 heterocycles. The molecular weight excluding hydrogens is 148 g/mol. The van der Waals surface area contributed by atoms with E-state index in [1.807, 2.05) is 12.1 Å². The van der Waals surface area contributed by atoms with Crippen LogP contribution in [0.5, 0.6) is 0 Å². The number of nitrogens with zero attached hydrogens (tertiary/aromatic N) is 2. The lowest BCUT2D eigenvalue weighted by Gasteiger charge is -1.82. The van der Waals surface area contributed by atoms with Crippen molar-refractivity contribution < 1.29 is 0 Å². The quantitative estimate of drug-likeness (QED) is 0.458. The molecule has 0 spiro atoms. The third kappa shape index (κ3) is 4.09. The van der Waals surface area contributed by atoms with Gasteiger partial charge in [-0.15, -0.1) is 0 Å². The number of allylic oxidation sites excluding steroid dienone is 6. The van der Waals surface area contributed by atoms with Crippen LogP contribution in [-0.2, 0) is 0 Å². The highest BCUT2D eigenvalue weighted by Crippen LogP contribution is 1.96. The van der Waals surface area contributed by atoms with Gasteiger partial charge in [0, 0.05) is 11.1 Å². The van der Waals surface area contributed by atoms with E-state index in [9.17, 15) is 0 Å². The maximum absolute atomic E-state index is 8.49. The molecule has 0 aromatic heterocycles. The Kier molecular flexibility index (Phi) is 5.05. The van der Waals surface area contributed by atoms with E-state index in [1.54, 1.807) is 38.2 Å². The van der Waals surface area contributed by atoms with Gasteiger partial charge in [-0.25, -0.2) is 0 Å². The van der Waals surface area contributed by atoms with Crippen LogP contribution in [0.15, 0.2) is 35.5 Å². The van der Waals surface area contributed by atoms with Crippen molar-refractivity contribution in [1.82, 2.24) is 0 Å². The first-order chi connectivity index (χ1) is 5.74. The van der Waals surface area contributed by atoms with Crippen LogP contribution in [0.3, 0.4) is 0 Å². The number of hydrogen-bond acceptors (Lipinski definition) is 2. The zero-order valence-electron chi connectivity index (χ0n) is 7.20. The molecule has 2 heteroatoms. The summed E-state index contributed by atoms with van der Waals surface area (Å²) in [5.41, 5.74) is 1.22. The molecule has 0 aromatic rings. The van der Waals surface area contributed by atoms with Crippen LogP contribution >= 0.6 is 0 Å². The fourth-order valence-corrected chi connectivity index (χ4v) is 0.531. The molecule has 60 valence electrons. The summed E-state index contributed by atoms with van der Waals surface area (Å²) in [5, 5.41) is 16.9. The van der Waals surface area contributed by atoms with E-state index in [0.717, 1.165) is 0 Å². The highest BCUT2D eigenvalue weighted by atomic mass is 14.2. The van der Waals surface area contributed by atoms with Crippen molar-refractivity contribution in [2.75, 3.05) is 0 Å². The third-order valence-corrected chi connectivity index (χ3v) is 1.24. The van der Waals surface area contributed by atoms with Crippen molar-refractivity contribution in [1.29, 1.82) is 10.5 Å². The highest BCUT2D eigenvalue weighted by molar-refractivity contribution is 5.35. The molecule has 0 radical (unpaired) electrons. The monoisotopic (exact) mass is 158 g/mol. The lowest BCUT2D eigenvalue weighted by Crippen LogP contribution is -1.69. The standard InChI is InChI=1S/C10H10N2/c1-3-10(8-12)6-4-5-9(2)7-11/h3-6H,1-2H3/b6-4-,9-5+,10-3?. The minimum atomic E-state index is 0.594. The predicted molar refractivity (Wildman–Crippen MR) is 47.9 cm³/mol. The van der Waals surface area contributed by atoms with E-state index in [1.165, 1.54) is 0 Å².